The van der Waals surface area contributed by atoms with Gasteiger partial charge in [0, 0.05) is 29.8 Å². The molecule has 1 aromatic carbocycles. The van der Waals surface area contributed by atoms with Crippen molar-refractivity contribution in [3.8, 4) is 22.6 Å². The standard InChI is InChI=1S/C17H12F3N3O2S/c1-26(24,25)14-10-22-16(12-6-8-21-9-7-12)23-15(14)11-2-4-13(5-3-11)17(18,19)20/h2-10H,1H3. The number of pyridine rings is 1. The molecule has 134 valence electrons. The molecule has 0 N–H and O–H groups in total. The first-order valence-electron chi connectivity index (χ1n) is 7.31. The smallest absolute Gasteiger partial charge is 0.265 e. The van der Waals surface area contributed by atoms with Crippen LogP contribution in [0.25, 0.3) is 22.6 Å². The zero-order valence-corrected chi connectivity index (χ0v) is 14.2. The first-order chi connectivity index (χ1) is 12.2. The second kappa shape index (κ2) is 6.49. The number of hydrogen-bond donors (Lipinski definition) is 0. The Morgan fingerprint density at radius 3 is 2.08 bits per heavy atom. The Morgan fingerprint density at radius 1 is 0.923 bits per heavy atom. The second-order valence-corrected chi connectivity index (χ2v) is 7.47. The number of rotatable bonds is 3. The van der Waals surface area contributed by atoms with E-state index in [0.717, 1.165) is 24.6 Å². The largest absolute Gasteiger partial charge is 0.416 e. The van der Waals surface area contributed by atoms with E-state index in [-0.39, 0.29) is 22.0 Å². The summed E-state index contributed by atoms with van der Waals surface area (Å²) in [5, 5.41) is 0. The van der Waals surface area contributed by atoms with Gasteiger partial charge < -0.3 is 0 Å². The first-order valence-corrected chi connectivity index (χ1v) is 9.20. The summed E-state index contributed by atoms with van der Waals surface area (Å²) in [5.74, 6) is 0.245. The number of alkyl halides is 3. The van der Waals surface area contributed by atoms with Crippen LogP contribution in [0.2, 0.25) is 0 Å². The molecule has 3 aromatic rings. The number of halogens is 3. The number of aromatic nitrogens is 3. The van der Waals surface area contributed by atoms with E-state index in [9.17, 15) is 21.6 Å². The second-order valence-electron chi connectivity index (χ2n) is 5.49. The summed E-state index contributed by atoms with van der Waals surface area (Å²) >= 11 is 0. The van der Waals surface area contributed by atoms with E-state index in [4.69, 9.17) is 0 Å². The molecule has 0 aliphatic heterocycles. The summed E-state index contributed by atoms with van der Waals surface area (Å²) in [6.45, 7) is 0. The molecule has 26 heavy (non-hydrogen) atoms. The van der Waals surface area contributed by atoms with Gasteiger partial charge in [-0.3, -0.25) is 4.98 Å². The predicted octanol–water partition coefficient (Wildman–Crippen LogP) is 3.63. The van der Waals surface area contributed by atoms with Crippen molar-refractivity contribution in [2.75, 3.05) is 6.26 Å². The molecule has 2 heterocycles. The van der Waals surface area contributed by atoms with Crippen molar-refractivity contribution in [2.24, 2.45) is 0 Å². The molecular weight excluding hydrogens is 367 g/mol. The van der Waals surface area contributed by atoms with Crippen LogP contribution < -0.4 is 0 Å². The van der Waals surface area contributed by atoms with Crippen molar-refractivity contribution in [1.29, 1.82) is 0 Å². The third-order valence-corrected chi connectivity index (χ3v) is 4.68. The minimum atomic E-state index is -4.48. The number of benzene rings is 1. The van der Waals surface area contributed by atoms with Crippen LogP contribution in [0.5, 0.6) is 0 Å². The van der Waals surface area contributed by atoms with E-state index in [1.165, 1.54) is 24.5 Å². The van der Waals surface area contributed by atoms with Crippen molar-refractivity contribution in [3.05, 3.63) is 60.6 Å². The number of nitrogens with zero attached hydrogens (tertiary/aromatic N) is 3. The summed E-state index contributed by atoms with van der Waals surface area (Å²) in [5.41, 5.74) is 0.0675. The van der Waals surface area contributed by atoms with Crippen LogP contribution in [0.3, 0.4) is 0 Å². The Labute approximate surface area is 147 Å². The van der Waals surface area contributed by atoms with Gasteiger partial charge in [0.05, 0.1) is 17.5 Å². The topological polar surface area (TPSA) is 72.8 Å². The Kier molecular flexibility index (Phi) is 4.49. The molecular formula is C17H12F3N3O2S. The molecule has 0 aliphatic rings. The van der Waals surface area contributed by atoms with Gasteiger partial charge in [-0.1, -0.05) is 12.1 Å². The molecule has 2 aromatic heterocycles. The lowest BCUT2D eigenvalue weighted by Crippen LogP contribution is -2.06. The molecule has 5 nitrogen and oxygen atoms in total. The van der Waals surface area contributed by atoms with Gasteiger partial charge in [0.1, 0.15) is 4.90 Å². The molecule has 9 heteroatoms. The van der Waals surface area contributed by atoms with E-state index in [1.54, 1.807) is 12.1 Å². The van der Waals surface area contributed by atoms with E-state index in [2.05, 4.69) is 15.0 Å². The first kappa shape index (κ1) is 18.0. The van der Waals surface area contributed by atoms with Crippen LogP contribution in [0.15, 0.2) is 59.9 Å². The van der Waals surface area contributed by atoms with Gasteiger partial charge >= 0.3 is 6.18 Å². The van der Waals surface area contributed by atoms with Crippen LogP contribution in [0, 0.1) is 0 Å². The maximum atomic E-state index is 12.7. The summed E-state index contributed by atoms with van der Waals surface area (Å²) in [4.78, 5) is 12.1. The van der Waals surface area contributed by atoms with Crippen molar-refractivity contribution >= 4 is 9.84 Å². The van der Waals surface area contributed by atoms with Crippen LogP contribution in [0.1, 0.15) is 5.56 Å². The maximum Gasteiger partial charge on any atom is 0.416 e. The van der Waals surface area contributed by atoms with Crippen molar-refractivity contribution in [1.82, 2.24) is 15.0 Å². The molecule has 3 rings (SSSR count). The van der Waals surface area contributed by atoms with E-state index < -0.39 is 21.6 Å². The highest BCUT2D eigenvalue weighted by Crippen LogP contribution is 2.32. The maximum absolute atomic E-state index is 12.7. The average molecular weight is 379 g/mol. The highest BCUT2D eigenvalue weighted by Gasteiger charge is 2.30. The predicted molar refractivity (Wildman–Crippen MR) is 88.8 cm³/mol. The lowest BCUT2D eigenvalue weighted by atomic mass is 10.1. The van der Waals surface area contributed by atoms with Gasteiger partial charge in [0.25, 0.3) is 0 Å². The van der Waals surface area contributed by atoms with E-state index >= 15 is 0 Å². The van der Waals surface area contributed by atoms with Crippen LogP contribution in [-0.2, 0) is 16.0 Å². The van der Waals surface area contributed by atoms with Crippen molar-refractivity contribution < 1.29 is 21.6 Å². The van der Waals surface area contributed by atoms with E-state index in [1.807, 2.05) is 0 Å². The Bertz CT molecular complexity index is 1040. The fraction of sp³-hybridized carbons (Fsp3) is 0.118. The quantitative estimate of drug-likeness (QED) is 0.695. The number of hydrogen-bond acceptors (Lipinski definition) is 5. The molecule has 0 spiro atoms. The molecule has 0 saturated carbocycles. The van der Waals surface area contributed by atoms with Gasteiger partial charge in [0.2, 0.25) is 0 Å². The molecule has 0 amide bonds. The van der Waals surface area contributed by atoms with Gasteiger partial charge in [-0.15, -0.1) is 0 Å². The lowest BCUT2D eigenvalue weighted by molar-refractivity contribution is -0.137. The zero-order chi connectivity index (χ0) is 18.9. The summed E-state index contributed by atoms with van der Waals surface area (Å²) < 4.78 is 62.3. The third kappa shape index (κ3) is 3.72. The van der Waals surface area contributed by atoms with Crippen LogP contribution >= 0.6 is 0 Å². The third-order valence-electron chi connectivity index (χ3n) is 3.58. The van der Waals surface area contributed by atoms with Crippen LogP contribution in [0.4, 0.5) is 13.2 Å². The summed E-state index contributed by atoms with van der Waals surface area (Å²) in [6, 6.07) is 7.44. The molecule has 0 saturated heterocycles. The molecule has 0 radical (unpaired) electrons. The molecule has 0 unspecified atom stereocenters. The minimum Gasteiger partial charge on any atom is -0.265 e. The fourth-order valence-electron chi connectivity index (χ4n) is 2.31. The molecule has 0 aliphatic carbocycles. The average Bonchev–Trinajstić information content (AvgIpc) is 2.60. The van der Waals surface area contributed by atoms with Crippen molar-refractivity contribution in [2.45, 2.75) is 11.1 Å². The van der Waals surface area contributed by atoms with Crippen LogP contribution in [-0.4, -0.2) is 29.6 Å². The minimum absolute atomic E-state index is 0.0445. The highest BCUT2D eigenvalue weighted by molar-refractivity contribution is 7.90. The van der Waals surface area contributed by atoms with Crippen molar-refractivity contribution in [3.63, 3.8) is 0 Å². The van der Waals surface area contributed by atoms with E-state index in [0.29, 0.717) is 5.56 Å². The lowest BCUT2D eigenvalue weighted by Gasteiger charge is -2.11. The van der Waals surface area contributed by atoms with Gasteiger partial charge in [-0.25, -0.2) is 18.4 Å². The molecule has 0 atom stereocenters. The number of sulfone groups is 1. The molecule has 0 fully saturated rings. The fourth-order valence-corrected chi connectivity index (χ4v) is 3.06. The monoisotopic (exact) mass is 379 g/mol. The van der Waals surface area contributed by atoms with Gasteiger partial charge in [0.15, 0.2) is 15.7 Å². The van der Waals surface area contributed by atoms with Gasteiger partial charge in [-0.2, -0.15) is 13.2 Å². The van der Waals surface area contributed by atoms with Gasteiger partial charge in [-0.05, 0) is 24.3 Å². The zero-order valence-electron chi connectivity index (χ0n) is 13.4. The highest BCUT2D eigenvalue weighted by atomic mass is 32.2. The Morgan fingerprint density at radius 2 is 1.54 bits per heavy atom. The Hall–Kier alpha value is -2.81. The molecule has 0 bridgehead atoms. The summed E-state index contributed by atoms with van der Waals surface area (Å²) in [7, 11) is -3.68. The SMILES string of the molecule is CS(=O)(=O)c1cnc(-c2ccncc2)nc1-c1ccc(C(F)(F)F)cc1. The summed E-state index contributed by atoms with van der Waals surface area (Å²) in [6.07, 6.45) is 0.727. The normalized spacial score (nSPS) is 12.2. The Balaban J connectivity index is 2.17.